The van der Waals surface area contributed by atoms with Gasteiger partial charge >= 0.3 is 0 Å². The molecule has 1 unspecified atom stereocenters. The van der Waals surface area contributed by atoms with Crippen molar-refractivity contribution < 1.29 is 22.0 Å². The number of hydrogen-bond acceptors (Lipinski definition) is 1. The third-order valence-corrected chi connectivity index (χ3v) is 5.05. The van der Waals surface area contributed by atoms with Crippen molar-refractivity contribution in [1.82, 2.24) is 0 Å². The van der Waals surface area contributed by atoms with Crippen LogP contribution >= 0.6 is 0 Å². The van der Waals surface area contributed by atoms with E-state index in [4.69, 9.17) is 0 Å². The summed E-state index contributed by atoms with van der Waals surface area (Å²) in [7, 11) is 0. The molecule has 0 N–H and O–H groups in total. The van der Waals surface area contributed by atoms with Gasteiger partial charge in [-0.25, -0.2) is 22.0 Å². The summed E-state index contributed by atoms with van der Waals surface area (Å²) in [4.78, 5) is 1.67. The fourth-order valence-electron chi connectivity index (χ4n) is 3.27. The first kappa shape index (κ1) is 16.7. The SMILES string of the molecule is CC1N(Cc2c(F)c(F)c(F)c(F)c2F)c2ccccc2C1(C)C. The molecule has 3 rings (SSSR count). The largest absolute Gasteiger partial charge is 0.363 e. The standard InChI is InChI=1S/C18H16F5N/c1-9-18(2,3)11-6-4-5-7-12(11)24(9)8-10-13(19)15(21)17(23)16(22)14(10)20/h4-7,9H,8H2,1-3H3. The monoisotopic (exact) mass is 341 g/mol. The van der Waals surface area contributed by atoms with Crippen LogP contribution in [0.1, 0.15) is 31.9 Å². The normalized spacial score (nSPS) is 18.8. The van der Waals surface area contributed by atoms with Crippen LogP contribution < -0.4 is 4.90 Å². The molecule has 128 valence electrons. The summed E-state index contributed by atoms with van der Waals surface area (Å²) < 4.78 is 68.1. The van der Waals surface area contributed by atoms with Crippen LogP contribution in [-0.2, 0) is 12.0 Å². The molecule has 0 aliphatic carbocycles. The minimum atomic E-state index is -2.14. The quantitative estimate of drug-likeness (QED) is 0.419. The van der Waals surface area contributed by atoms with E-state index in [9.17, 15) is 22.0 Å². The van der Waals surface area contributed by atoms with Crippen molar-refractivity contribution in [3.63, 3.8) is 0 Å². The van der Waals surface area contributed by atoms with Gasteiger partial charge in [0.25, 0.3) is 0 Å². The third-order valence-electron chi connectivity index (χ3n) is 5.05. The van der Waals surface area contributed by atoms with Crippen molar-refractivity contribution in [3.05, 3.63) is 64.5 Å². The molecule has 1 aliphatic rings. The van der Waals surface area contributed by atoms with Crippen LogP contribution in [0.4, 0.5) is 27.6 Å². The Kier molecular flexibility index (Phi) is 3.81. The van der Waals surface area contributed by atoms with E-state index in [1.807, 2.05) is 32.9 Å². The van der Waals surface area contributed by atoms with E-state index in [0.717, 1.165) is 11.3 Å². The number of nitrogens with zero attached hydrogens (tertiary/aromatic N) is 1. The number of rotatable bonds is 2. The van der Waals surface area contributed by atoms with E-state index in [-0.39, 0.29) is 11.5 Å². The Labute approximate surface area is 136 Å². The second-order valence-corrected chi connectivity index (χ2v) is 6.59. The summed E-state index contributed by atoms with van der Waals surface area (Å²) in [5, 5.41) is 0. The zero-order valence-electron chi connectivity index (χ0n) is 13.4. The molecule has 1 atom stereocenters. The van der Waals surface area contributed by atoms with Crippen LogP contribution in [0.15, 0.2) is 24.3 Å². The van der Waals surface area contributed by atoms with Crippen LogP contribution in [0, 0.1) is 29.1 Å². The zero-order chi connectivity index (χ0) is 17.8. The second-order valence-electron chi connectivity index (χ2n) is 6.59. The molecule has 0 radical (unpaired) electrons. The molecule has 0 saturated heterocycles. The summed E-state index contributed by atoms with van der Waals surface area (Å²) in [6.07, 6.45) is 0. The van der Waals surface area contributed by atoms with E-state index in [1.54, 1.807) is 17.0 Å². The lowest BCUT2D eigenvalue weighted by atomic mass is 9.81. The summed E-state index contributed by atoms with van der Waals surface area (Å²) >= 11 is 0. The molecular formula is C18H16F5N. The number of para-hydroxylation sites is 1. The smallest absolute Gasteiger partial charge is 0.200 e. The highest BCUT2D eigenvalue weighted by Gasteiger charge is 2.42. The van der Waals surface area contributed by atoms with Gasteiger partial charge in [-0.1, -0.05) is 32.0 Å². The molecule has 0 fully saturated rings. The van der Waals surface area contributed by atoms with Gasteiger partial charge in [-0.2, -0.15) is 0 Å². The summed E-state index contributed by atoms with van der Waals surface area (Å²) in [6, 6.07) is 7.15. The van der Waals surface area contributed by atoms with E-state index in [1.165, 1.54) is 0 Å². The molecule has 0 spiro atoms. The molecule has 0 bridgehead atoms. The van der Waals surface area contributed by atoms with Crippen LogP contribution in [0.5, 0.6) is 0 Å². The Hall–Kier alpha value is -2.11. The van der Waals surface area contributed by atoms with Crippen LogP contribution in [-0.4, -0.2) is 6.04 Å². The molecule has 0 amide bonds. The Balaban J connectivity index is 2.11. The number of halogens is 5. The van der Waals surface area contributed by atoms with Crippen molar-refractivity contribution in [3.8, 4) is 0 Å². The summed E-state index contributed by atoms with van der Waals surface area (Å²) in [5.74, 6) is -9.52. The molecule has 2 aromatic rings. The lowest BCUT2D eigenvalue weighted by Crippen LogP contribution is -2.39. The Morgan fingerprint density at radius 2 is 1.38 bits per heavy atom. The highest BCUT2D eigenvalue weighted by Crippen LogP contribution is 2.45. The van der Waals surface area contributed by atoms with Gasteiger partial charge in [0.1, 0.15) is 0 Å². The third kappa shape index (κ3) is 2.19. The molecule has 1 heterocycles. The van der Waals surface area contributed by atoms with Crippen LogP contribution in [0.2, 0.25) is 0 Å². The van der Waals surface area contributed by atoms with Crippen molar-refractivity contribution in [1.29, 1.82) is 0 Å². The van der Waals surface area contributed by atoms with Crippen LogP contribution in [0.25, 0.3) is 0 Å². The Bertz CT molecular complexity index is 786. The van der Waals surface area contributed by atoms with Gasteiger partial charge < -0.3 is 4.90 Å². The zero-order valence-corrected chi connectivity index (χ0v) is 13.4. The Morgan fingerprint density at radius 3 is 1.96 bits per heavy atom. The average Bonchev–Trinajstić information content (AvgIpc) is 2.76. The predicted octanol–water partition coefficient (Wildman–Crippen LogP) is 5.07. The van der Waals surface area contributed by atoms with E-state index in [2.05, 4.69) is 0 Å². The maximum Gasteiger partial charge on any atom is 0.200 e. The van der Waals surface area contributed by atoms with Gasteiger partial charge in [0.2, 0.25) is 5.82 Å². The van der Waals surface area contributed by atoms with Gasteiger partial charge in [-0.05, 0) is 18.6 Å². The molecule has 2 aromatic carbocycles. The van der Waals surface area contributed by atoms with Crippen molar-refractivity contribution in [2.24, 2.45) is 0 Å². The first-order valence-corrected chi connectivity index (χ1v) is 7.54. The summed E-state index contributed by atoms with van der Waals surface area (Å²) in [6.45, 7) is 5.43. The fraction of sp³-hybridized carbons (Fsp3) is 0.333. The van der Waals surface area contributed by atoms with Crippen molar-refractivity contribution >= 4 is 5.69 Å². The first-order valence-electron chi connectivity index (χ1n) is 7.54. The number of fused-ring (bicyclic) bond motifs is 1. The molecule has 0 saturated carbocycles. The van der Waals surface area contributed by atoms with Gasteiger partial charge in [0.15, 0.2) is 23.3 Å². The molecule has 0 aromatic heterocycles. The van der Waals surface area contributed by atoms with E-state index in [0.29, 0.717) is 0 Å². The van der Waals surface area contributed by atoms with Gasteiger partial charge in [-0.15, -0.1) is 0 Å². The lowest BCUT2D eigenvalue weighted by molar-refractivity contribution is 0.366. The van der Waals surface area contributed by atoms with Crippen molar-refractivity contribution in [2.75, 3.05) is 4.90 Å². The highest BCUT2D eigenvalue weighted by molar-refractivity contribution is 5.64. The first-order chi connectivity index (χ1) is 11.2. The highest BCUT2D eigenvalue weighted by atomic mass is 19.2. The van der Waals surface area contributed by atoms with Gasteiger partial charge in [-0.3, -0.25) is 0 Å². The average molecular weight is 341 g/mol. The van der Waals surface area contributed by atoms with Crippen LogP contribution in [0.3, 0.4) is 0 Å². The number of benzene rings is 2. The summed E-state index contributed by atoms with van der Waals surface area (Å²) in [5.41, 5.74) is 0.576. The maximum atomic E-state index is 14.0. The molecule has 24 heavy (non-hydrogen) atoms. The number of hydrogen-bond donors (Lipinski definition) is 0. The molecular weight excluding hydrogens is 325 g/mol. The minimum Gasteiger partial charge on any atom is -0.363 e. The molecule has 1 nitrogen and oxygen atoms in total. The fourth-order valence-corrected chi connectivity index (χ4v) is 3.27. The predicted molar refractivity (Wildman–Crippen MR) is 81.3 cm³/mol. The Morgan fingerprint density at radius 1 is 0.875 bits per heavy atom. The van der Waals surface area contributed by atoms with Gasteiger partial charge in [0, 0.05) is 29.3 Å². The second kappa shape index (κ2) is 5.46. The maximum absolute atomic E-state index is 14.0. The molecule has 6 heteroatoms. The van der Waals surface area contributed by atoms with Gasteiger partial charge in [0.05, 0.1) is 0 Å². The minimum absolute atomic E-state index is 0.176. The van der Waals surface area contributed by atoms with Crippen molar-refractivity contribution in [2.45, 2.75) is 38.8 Å². The van der Waals surface area contributed by atoms with E-state index >= 15 is 0 Å². The topological polar surface area (TPSA) is 3.24 Å². The lowest BCUT2D eigenvalue weighted by Gasteiger charge is -2.31. The van der Waals surface area contributed by atoms with E-state index < -0.39 is 41.2 Å². The number of anilines is 1. The molecule has 1 aliphatic heterocycles.